The first-order valence-corrected chi connectivity index (χ1v) is 6.16. The summed E-state index contributed by atoms with van der Waals surface area (Å²) in [5, 5.41) is 3.75. The van der Waals surface area contributed by atoms with Crippen LogP contribution >= 0.6 is 27.5 Å². The van der Waals surface area contributed by atoms with Gasteiger partial charge in [0.05, 0.1) is 10.7 Å². The highest BCUT2D eigenvalue weighted by Crippen LogP contribution is 2.37. The van der Waals surface area contributed by atoms with Gasteiger partial charge in [-0.2, -0.15) is 0 Å². The molecule has 4 heteroatoms. The minimum atomic E-state index is -0.323. The summed E-state index contributed by atoms with van der Waals surface area (Å²) in [5.41, 5.74) is 0.789. The molecule has 2 rings (SSSR count). The molecule has 1 aromatic rings. The van der Waals surface area contributed by atoms with Crippen molar-refractivity contribution in [2.45, 2.75) is 25.8 Å². The summed E-state index contributed by atoms with van der Waals surface area (Å²) in [6.45, 7) is 2.13. The highest BCUT2D eigenvalue weighted by Gasteiger charge is 2.28. The van der Waals surface area contributed by atoms with Gasteiger partial charge >= 0.3 is 0 Å². The van der Waals surface area contributed by atoms with Crippen LogP contribution in [0.25, 0.3) is 0 Å². The van der Waals surface area contributed by atoms with Crippen molar-refractivity contribution in [3.8, 4) is 0 Å². The lowest BCUT2D eigenvalue weighted by Gasteiger charge is -2.17. The molecule has 1 nitrogen and oxygen atoms in total. The maximum absolute atomic E-state index is 13.0. The van der Waals surface area contributed by atoms with Crippen LogP contribution in [0.3, 0.4) is 0 Å². The van der Waals surface area contributed by atoms with Gasteiger partial charge in [-0.1, -0.05) is 11.6 Å². The monoisotopic (exact) mass is 291 g/mol. The number of hydrogen-bond acceptors (Lipinski definition) is 1. The van der Waals surface area contributed by atoms with Crippen LogP contribution in [0, 0.1) is 11.7 Å². The molecule has 1 aliphatic rings. The Bertz CT molecular complexity index is 356. The molecule has 1 unspecified atom stereocenters. The lowest BCUT2D eigenvalue weighted by atomic mass is 10.2. The average Bonchev–Trinajstić information content (AvgIpc) is 2.93. The number of rotatable bonds is 3. The van der Waals surface area contributed by atoms with Crippen LogP contribution in [0.1, 0.15) is 19.8 Å². The predicted octanol–water partition coefficient (Wildman–Crippen LogP) is 4.45. The van der Waals surface area contributed by atoms with Crippen LogP contribution in [0.15, 0.2) is 16.6 Å². The third-order valence-corrected chi connectivity index (χ3v) is 3.63. The molecule has 0 amide bonds. The standard InChI is InChI=1S/C11H12BrClFN/c1-6(7-2-3-7)15-11-9(12)4-8(14)5-10(11)13/h4-7,15H,2-3H2,1H3. The van der Waals surface area contributed by atoms with E-state index in [0.717, 1.165) is 11.6 Å². The van der Waals surface area contributed by atoms with Crippen molar-refractivity contribution >= 4 is 33.2 Å². The molecular weight excluding hydrogens is 280 g/mol. The Hall–Kier alpha value is -0.280. The fourth-order valence-electron chi connectivity index (χ4n) is 1.62. The van der Waals surface area contributed by atoms with Crippen molar-refractivity contribution in [3.63, 3.8) is 0 Å². The molecule has 0 heterocycles. The van der Waals surface area contributed by atoms with Crippen molar-refractivity contribution < 1.29 is 4.39 Å². The van der Waals surface area contributed by atoms with E-state index in [1.807, 2.05) is 0 Å². The molecule has 0 bridgehead atoms. The molecule has 82 valence electrons. The lowest BCUT2D eigenvalue weighted by Crippen LogP contribution is -2.17. The van der Waals surface area contributed by atoms with Gasteiger partial charge in [0.15, 0.2) is 0 Å². The number of anilines is 1. The maximum atomic E-state index is 13.0. The van der Waals surface area contributed by atoms with Gasteiger partial charge in [-0.25, -0.2) is 4.39 Å². The topological polar surface area (TPSA) is 12.0 Å². The molecule has 1 N–H and O–H groups in total. The zero-order valence-corrected chi connectivity index (χ0v) is 10.7. The van der Waals surface area contributed by atoms with Gasteiger partial charge in [0.2, 0.25) is 0 Å². The molecule has 0 radical (unpaired) electrons. The molecule has 1 aromatic carbocycles. The van der Waals surface area contributed by atoms with Crippen molar-refractivity contribution in [2.24, 2.45) is 5.92 Å². The Labute approximate surface area is 102 Å². The first kappa shape index (κ1) is 11.2. The van der Waals surface area contributed by atoms with Crippen LogP contribution < -0.4 is 5.32 Å². The van der Waals surface area contributed by atoms with E-state index in [4.69, 9.17) is 11.6 Å². The zero-order chi connectivity index (χ0) is 11.0. The van der Waals surface area contributed by atoms with E-state index < -0.39 is 0 Å². The largest absolute Gasteiger partial charge is 0.380 e. The van der Waals surface area contributed by atoms with Crippen molar-refractivity contribution in [1.29, 1.82) is 0 Å². The highest BCUT2D eigenvalue weighted by atomic mass is 79.9. The Morgan fingerprint density at radius 1 is 1.53 bits per heavy atom. The van der Waals surface area contributed by atoms with Crippen LogP contribution in [0.2, 0.25) is 5.02 Å². The predicted molar refractivity (Wildman–Crippen MR) is 64.9 cm³/mol. The molecular formula is C11H12BrClFN. The highest BCUT2D eigenvalue weighted by molar-refractivity contribution is 9.10. The number of hydrogen-bond donors (Lipinski definition) is 1. The normalized spacial score (nSPS) is 17.6. The SMILES string of the molecule is CC(Nc1c(Cl)cc(F)cc1Br)C1CC1. The maximum Gasteiger partial charge on any atom is 0.125 e. The van der Waals surface area contributed by atoms with Gasteiger partial charge in [0.1, 0.15) is 5.82 Å². The van der Waals surface area contributed by atoms with Gasteiger partial charge in [-0.15, -0.1) is 0 Å². The number of benzene rings is 1. The summed E-state index contributed by atoms with van der Waals surface area (Å²) in [7, 11) is 0. The molecule has 1 saturated carbocycles. The second-order valence-corrected chi connectivity index (χ2v) is 5.28. The molecule has 15 heavy (non-hydrogen) atoms. The van der Waals surface area contributed by atoms with Gasteiger partial charge in [-0.3, -0.25) is 0 Å². The molecule has 1 aliphatic carbocycles. The smallest absolute Gasteiger partial charge is 0.125 e. The third kappa shape index (κ3) is 2.64. The third-order valence-electron chi connectivity index (χ3n) is 2.71. The summed E-state index contributed by atoms with van der Waals surface area (Å²) in [5.74, 6) is 0.412. The summed E-state index contributed by atoms with van der Waals surface area (Å²) in [4.78, 5) is 0. The van der Waals surface area contributed by atoms with Gasteiger partial charge < -0.3 is 5.32 Å². The van der Waals surface area contributed by atoms with E-state index in [9.17, 15) is 4.39 Å². The summed E-state index contributed by atoms with van der Waals surface area (Å²) in [6.07, 6.45) is 2.54. The van der Waals surface area contributed by atoms with E-state index in [2.05, 4.69) is 28.2 Å². The van der Waals surface area contributed by atoms with Gasteiger partial charge in [0.25, 0.3) is 0 Å². The minimum Gasteiger partial charge on any atom is -0.380 e. The minimum absolute atomic E-state index is 0.323. The Balaban J connectivity index is 2.19. The molecule has 0 aromatic heterocycles. The van der Waals surface area contributed by atoms with E-state index in [0.29, 0.717) is 15.5 Å². The van der Waals surface area contributed by atoms with Crippen LogP contribution in [0.5, 0.6) is 0 Å². The Morgan fingerprint density at radius 3 is 2.73 bits per heavy atom. The zero-order valence-electron chi connectivity index (χ0n) is 8.36. The van der Waals surface area contributed by atoms with Crippen molar-refractivity contribution in [3.05, 3.63) is 27.4 Å². The van der Waals surface area contributed by atoms with Crippen molar-refractivity contribution in [1.82, 2.24) is 0 Å². The van der Waals surface area contributed by atoms with E-state index in [1.54, 1.807) is 0 Å². The summed E-state index contributed by atoms with van der Waals surface area (Å²) < 4.78 is 13.7. The fraction of sp³-hybridized carbons (Fsp3) is 0.455. The van der Waals surface area contributed by atoms with E-state index in [-0.39, 0.29) is 5.82 Å². The molecule has 1 fully saturated rings. The van der Waals surface area contributed by atoms with Crippen LogP contribution in [-0.2, 0) is 0 Å². The van der Waals surface area contributed by atoms with Crippen molar-refractivity contribution in [2.75, 3.05) is 5.32 Å². The van der Waals surface area contributed by atoms with Crippen LogP contribution in [-0.4, -0.2) is 6.04 Å². The molecule has 0 aliphatic heterocycles. The Morgan fingerprint density at radius 2 is 2.20 bits per heavy atom. The van der Waals surface area contributed by atoms with E-state index >= 15 is 0 Å². The molecule has 0 saturated heterocycles. The number of nitrogens with one attached hydrogen (secondary N) is 1. The summed E-state index contributed by atoms with van der Waals surface area (Å²) >= 11 is 9.28. The first-order chi connectivity index (χ1) is 7.08. The fourth-order valence-corrected chi connectivity index (χ4v) is 2.54. The first-order valence-electron chi connectivity index (χ1n) is 4.99. The van der Waals surface area contributed by atoms with Gasteiger partial charge in [-0.05, 0) is 53.7 Å². The van der Waals surface area contributed by atoms with Crippen LogP contribution in [0.4, 0.5) is 10.1 Å². The average molecular weight is 293 g/mol. The quantitative estimate of drug-likeness (QED) is 0.868. The summed E-state index contributed by atoms with van der Waals surface area (Å²) in [6, 6.07) is 3.14. The molecule has 0 spiro atoms. The van der Waals surface area contributed by atoms with Gasteiger partial charge in [0, 0.05) is 10.5 Å². The number of halogens is 3. The lowest BCUT2D eigenvalue weighted by molar-refractivity contribution is 0.626. The second-order valence-electron chi connectivity index (χ2n) is 4.01. The van der Waals surface area contributed by atoms with E-state index in [1.165, 1.54) is 25.0 Å². The Kier molecular flexibility index (Phi) is 3.21. The second kappa shape index (κ2) is 4.30. The molecule has 1 atom stereocenters.